The fourth-order valence-corrected chi connectivity index (χ4v) is 4.01. The number of hydrogen-bond donors (Lipinski definition) is 2. The Hall–Kier alpha value is -0.880. The molecule has 2 rings (SSSR count). The highest BCUT2D eigenvalue weighted by atomic mass is 32.2. The van der Waals surface area contributed by atoms with Gasteiger partial charge in [0.05, 0.1) is 12.3 Å². The van der Waals surface area contributed by atoms with E-state index in [1.807, 2.05) is 0 Å². The van der Waals surface area contributed by atoms with Crippen molar-refractivity contribution >= 4 is 15.7 Å². The second-order valence-corrected chi connectivity index (χ2v) is 6.03. The highest BCUT2D eigenvalue weighted by Gasteiger charge is 2.46. The lowest BCUT2D eigenvalue weighted by atomic mass is 9.98. The van der Waals surface area contributed by atoms with Gasteiger partial charge in [-0.2, -0.15) is 4.31 Å². The SMILES string of the molecule is CS(=O)(=O)N1C2CCC1/C(=C\N)C(=N)C2. The minimum Gasteiger partial charge on any atom is -0.404 e. The quantitative estimate of drug-likeness (QED) is 0.665. The molecule has 2 bridgehead atoms. The predicted octanol–water partition coefficient (Wildman–Crippen LogP) is 0.0451. The first kappa shape index (κ1) is 10.6. The van der Waals surface area contributed by atoms with Crippen LogP contribution in [0.2, 0.25) is 0 Å². The Kier molecular flexibility index (Phi) is 2.35. The number of sulfonamides is 1. The molecule has 0 aromatic carbocycles. The Morgan fingerprint density at radius 2 is 2.20 bits per heavy atom. The molecular formula is C9H15N3O2S. The molecule has 0 amide bonds. The maximum atomic E-state index is 11.6. The first-order chi connectivity index (χ1) is 6.95. The van der Waals surface area contributed by atoms with E-state index in [9.17, 15) is 8.42 Å². The van der Waals surface area contributed by atoms with E-state index in [2.05, 4.69) is 0 Å². The lowest BCUT2D eigenvalue weighted by Gasteiger charge is -2.34. The van der Waals surface area contributed by atoms with Gasteiger partial charge in [-0.25, -0.2) is 8.42 Å². The van der Waals surface area contributed by atoms with E-state index in [-0.39, 0.29) is 12.1 Å². The van der Waals surface area contributed by atoms with Gasteiger partial charge in [0, 0.05) is 29.9 Å². The molecule has 2 heterocycles. The van der Waals surface area contributed by atoms with Crippen LogP contribution in [0.25, 0.3) is 0 Å². The molecule has 84 valence electrons. The van der Waals surface area contributed by atoms with Crippen molar-refractivity contribution in [1.29, 1.82) is 5.41 Å². The summed E-state index contributed by atoms with van der Waals surface area (Å²) in [6, 6.07) is -0.225. The summed E-state index contributed by atoms with van der Waals surface area (Å²) in [5.74, 6) is 0. The maximum Gasteiger partial charge on any atom is 0.212 e. The van der Waals surface area contributed by atoms with E-state index in [4.69, 9.17) is 11.1 Å². The first-order valence-corrected chi connectivity index (χ1v) is 6.78. The highest BCUT2D eigenvalue weighted by Crippen LogP contribution is 2.38. The van der Waals surface area contributed by atoms with Crippen LogP contribution in [-0.4, -0.2) is 36.8 Å². The number of hydrogen-bond acceptors (Lipinski definition) is 4. The monoisotopic (exact) mass is 229 g/mol. The Bertz CT molecular complexity index is 427. The highest BCUT2D eigenvalue weighted by molar-refractivity contribution is 7.88. The van der Waals surface area contributed by atoms with Gasteiger partial charge in [-0.15, -0.1) is 0 Å². The minimum atomic E-state index is -3.19. The topological polar surface area (TPSA) is 87.2 Å². The molecule has 5 nitrogen and oxygen atoms in total. The molecule has 2 fully saturated rings. The van der Waals surface area contributed by atoms with Crippen LogP contribution >= 0.6 is 0 Å². The summed E-state index contributed by atoms with van der Waals surface area (Å²) < 4.78 is 24.7. The van der Waals surface area contributed by atoms with Crippen molar-refractivity contribution in [2.24, 2.45) is 5.73 Å². The molecule has 6 heteroatoms. The number of rotatable bonds is 1. The van der Waals surface area contributed by atoms with E-state index >= 15 is 0 Å². The largest absolute Gasteiger partial charge is 0.404 e. The molecule has 0 aliphatic carbocycles. The summed E-state index contributed by atoms with van der Waals surface area (Å²) in [6.45, 7) is 0. The van der Waals surface area contributed by atoms with Crippen LogP contribution in [0.3, 0.4) is 0 Å². The normalized spacial score (nSPS) is 35.0. The van der Waals surface area contributed by atoms with Gasteiger partial charge in [-0.1, -0.05) is 0 Å². The van der Waals surface area contributed by atoms with Crippen LogP contribution < -0.4 is 5.73 Å². The smallest absolute Gasteiger partial charge is 0.212 e. The Balaban J connectivity index is 2.43. The van der Waals surface area contributed by atoms with E-state index in [1.54, 1.807) is 0 Å². The Morgan fingerprint density at radius 1 is 1.53 bits per heavy atom. The van der Waals surface area contributed by atoms with Gasteiger partial charge in [-0.05, 0) is 12.8 Å². The van der Waals surface area contributed by atoms with Crippen LogP contribution in [0.5, 0.6) is 0 Å². The summed E-state index contributed by atoms with van der Waals surface area (Å²) in [7, 11) is -3.19. The zero-order chi connectivity index (χ0) is 11.2. The van der Waals surface area contributed by atoms with Crippen molar-refractivity contribution in [3.8, 4) is 0 Å². The van der Waals surface area contributed by atoms with Crippen LogP contribution in [0, 0.1) is 5.41 Å². The molecular weight excluding hydrogens is 214 g/mol. The van der Waals surface area contributed by atoms with Crippen molar-refractivity contribution in [2.45, 2.75) is 31.3 Å². The molecule has 0 saturated carbocycles. The van der Waals surface area contributed by atoms with Crippen LogP contribution in [0.1, 0.15) is 19.3 Å². The zero-order valence-electron chi connectivity index (χ0n) is 8.60. The van der Waals surface area contributed by atoms with Gasteiger partial charge in [0.25, 0.3) is 0 Å². The van der Waals surface area contributed by atoms with Gasteiger partial charge < -0.3 is 11.1 Å². The molecule has 0 radical (unpaired) electrons. The summed E-state index contributed by atoms with van der Waals surface area (Å²) in [4.78, 5) is 0. The van der Waals surface area contributed by atoms with Crippen molar-refractivity contribution < 1.29 is 8.42 Å². The second kappa shape index (κ2) is 3.31. The molecule has 2 aliphatic heterocycles. The van der Waals surface area contributed by atoms with Gasteiger partial charge >= 0.3 is 0 Å². The average Bonchev–Trinajstić information content (AvgIpc) is 2.43. The third kappa shape index (κ3) is 1.57. The van der Waals surface area contributed by atoms with Gasteiger partial charge in [0.15, 0.2) is 0 Å². The molecule has 3 N–H and O–H groups in total. The van der Waals surface area contributed by atoms with Crippen LogP contribution in [-0.2, 0) is 10.0 Å². The molecule has 15 heavy (non-hydrogen) atoms. The summed E-state index contributed by atoms with van der Waals surface area (Å²) in [6.07, 6.45) is 4.71. The van der Waals surface area contributed by atoms with Crippen molar-refractivity contribution in [3.63, 3.8) is 0 Å². The van der Waals surface area contributed by atoms with Gasteiger partial charge in [0.2, 0.25) is 10.0 Å². The number of fused-ring (bicyclic) bond motifs is 2. The van der Waals surface area contributed by atoms with Crippen LogP contribution in [0.4, 0.5) is 0 Å². The third-order valence-corrected chi connectivity index (χ3v) is 4.47. The lowest BCUT2D eigenvalue weighted by molar-refractivity contribution is 0.343. The molecule has 2 aliphatic rings. The third-order valence-electron chi connectivity index (χ3n) is 3.15. The standard InChI is InChI=1S/C9H15N3O2S/c1-15(13,14)12-6-2-3-9(12)7(5-10)8(11)4-6/h5-6,9,11H,2-4,10H2,1H3/b7-5-,11-8?. The molecule has 2 saturated heterocycles. The lowest BCUT2D eigenvalue weighted by Crippen LogP contribution is -2.47. The first-order valence-electron chi connectivity index (χ1n) is 4.93. The maximum absolute atomic E-state index is 11.6. The molecule has 2 unspecified atom stereocenters. The molecule has 2 atom stereocenters. The summed E-state index contributed by atoms with van der Waals surface area (Å²) in [5.41, 5.74) is 6.63. The number of nitrogens with two attached hydrogens (primary N) is 1. The fraction of sp³-hybridized carbons (Fsp3) is 0.667. The van der Waals surface area contributed by atoms with Gasteiger partial charge in [-0.3, -0.25) is 0 Å². The summed E-state index contributed by atoms with van der Waals surface area (Å²) in [5, 5.41) is 7.77. The van der Waals surface area contributed by atoms with Crippen molar-refractivity contribution in [2.75, 3.05) is 6.26 Å². The summed E-state index contributed by atoms with van der Waals surface area (Å²) >= 11 is 0. The number of piperidine rings is 1. The van der Waals surface area contributed by atoms with Crippen LogP contribution in [0.15, 0.2) is 11.8 Å². The molecule has 0 spiro atoms. The Labute approximate surface area is 89.5 Å². The van der Waals surface area contributed by atoms with Crippen molar-refractivity contribution in [1.82, 2.24) is 4.31 Å². The van der Waals surface area contributed by atoms with E-state index in [0.717, 1.165) is 12.8 Å². The zero-order valence-corrected chi connectivity index (χ0v) is 9.42. The second-order valence-electron chi connectivity index (χ2n) is 4.14. The minimum absolute atomic E-state index is 0.0267. The molecule has 0 aromatic heterocycles. The predicted molar refractivity (Wildman–Crippen MR) is 58.1 cm³/mol. The van der Waals surface area contributed by atoms with Gasteiger partial charge in [0.1, 0.15) is 0 Å². The van der Waals surface area contributed by atoms with Crippen molar-refractivity contribution in [3.05, 3.63) is 11.8 Å². The average molecular weight is 229 g/mol. The van der Waals surface area contributed by atoms with E-state index in [1.165, 1.54) is 16.8 Å². The van der Waals surface area contributed by atoms with E-state index in [0.29, 0.717) is 17.7 Å². The molecule has 0 aromatic rings. The fourth-order valence-electron chi connectivity index (χ4n) is 2.61. The number of nitrogens with zero attached hydrogens (tertiary/aromatic N) is 1. The Morgan fingerprint density at radius 3 is 2.73 bits per heavy atom. The number of nitrogens with one attached hydrogen (secondary N) is 1. The van der Waals surface area contributed by atoms with E-state index < -0.39 is 10.0 Å².